The summed E-state index contributed by atoms with van der Waals surface area (Å²) in [7, 11) is 0. The average Bonchev–Trinajstić information content (AvgIpc) is 3.59. The molecule has 1 saturated carbocycles. The van der Waals surface area contributed by atoms with E-state index in [1.165, 1.54) is 11.1 Å². The highest BCUT2D eigenvalue weighted by Gasteiger charge is 2.35. The van der Waals surface area contributed by atoms with E-state index in [0.717, 1.165) is 46.8 Å². The van der Waals surface area contributed by atoms with E-state index in [4.69, 9.17) is 4.98 Å². The third-order valence-corrected chi connectivity index (χ3v) is 7.80. The molecule has 1 saturated heterocycles. The van der Waals surface area contributed by atoms with Crippen LogP contribution in [0.3, 0.4) is 0 Å². The molecule has 6 nitrogen and oxygen atoms in total. The molecule has 1 aromatic heterocycles. The Morgan fingerprint density at radius 3 is 2.45 bits per heavy atom. The quantitative estimate of drug-likeness (QED) is 0.556. The van der Waals surface area contributed by atoms with E-state index in [9.17, 15) is 9.59 Å². The fourth-order valence-electron chi connectivity index (χ4n) is 4.35. The van der Waals surface area contributed by atoms with Gasteiger partial charge in [0.2, 0.25) is 11.8 Å². The van der Waals surface area contributed by atoms with Crippen LogP contribution in [0.2, 0.25) is 0 Å². The Morgan fingerprint density at radius 1 is 1.03 bits per heavy atom. The fourth-order valence-corrected chi connectivity index (χ4v) is 5.39. The van der Waals surface area contributed by atoms with Gasteiger partial charge in [-0.1, -0.05) is 47.7 Å². The molecule has 5 rings (SSSR count). The van der Waals surface area contributed by atoms with Crippen LogP contribution in [0.5, 0.6) is 0 Å². The maximum atomic E-state index is 13.5. The lowest BCUT2D eigenvalue weighted by atomic mass is 10.1. The van der Waals surface area contributed by atoms with Gasteiger partial charge in [-0.3, -0.25) is 19.4 Å². The van der Waals surface area contributed by atoms with Crippen molar-refractivity contribution in [3.05, 3.63) is 59.2 Å². The first-order chi connectivity index (χ1) is 16.0. The van der Waals surface area contributed by atoms with Gasteiger partial charge in [-0.2, -0.15) is 0 Å². The molecular weight excluding hydrogens is 432 g/mol. The minimum atomic E-state index is 0.0502. The van der Waals surface area contributed by atoms with E-state index in [-0.39, 0.29) is 11.8 Å². The molecule has 2 heterocycles. The van der Waals surface area contributed by atoms with E-state index in [0.29, 0.717) is 32.1 Å². The number of aromatic nitrogens is 1. The van der Waals surface area contributed by atoms with E-state index in [1.807, 2.05) is 40.1 Å². The number of nitrogens with zero attached hydrogens (tertiary/aromatic N) is 4. The number of fused-ring (bicyclic) bond motifs is 1. The van der Waals surface area contributed by atoms with Crippen molar-refractivity contribution in [2.24, 2.45) is 5.92 Å². The van der Waals surface area contributed by atoms with Crippen molar-refractivity contribution in [3.63, 3.8) is 0 Å². The Kier molecular flexibility index (Phi) is 6.17. The molecule has 7 heteroatoms. The number of carbonyl (C=O) groups is 2. The normalized spacial score (nSPS) is 16.8. The summed E-state index contributed by atoms with van der Waals surface area (Å²) in [5.74, 6) is 0.603. The van der Waals surface area contributed by atoms with E-state index in [1.54, 1.807) is 11.3 Å². The standard InChI is InChI=1S/C26H30N4O2S/c1-18-8-11-22-24(19(18)2)27-26(33-22)30(16-20-6-4-3-5-7-20)23(31)17-28-12-14-29(15-13-28)25(32)21-9-10-21/h3-8,11,21H,9-10,12-17H2,1-2H3. The molecule has 0 atom stereocenters. The lowest BCUT2D eigenvalue weighted by Gasteiger charge is -2.35. The summed E-state index contributed by atoms with van der Waals surface area (Å²) in [5.41, 5.74) is 4.43. The van der Waals surface area contributed by atoms with E-state index >= 15 is 0 Å². The molecule has 2 aromatic carbocycles. The van der Waals surface area contributed by atoms with Crippen molar-refractivity contribution < 1.29 is 9.59 Å². The number of benzene rings is 2. The summed E-state index contributed by atoms with van der Waals surface area (Å²) in [6.07, 6.45) is 2.07. The van der Waals surface area contributed by atoms with Gasteiger partial charge in [0, 0.05) is 32.1 Å². The third kappa shape index (κ3) is 4.80. The molecule has 0 radical (unpaired) electrons. The number of hydrogen-bond acceptors (Lipinski definition) is 5. The van der Waals surface area contributed by atoms with Crippen LogP contribution in [0.1, 0.15) is 29.5 Å². The molecule has 0 bridgehead atoms. The monoisotopic (exact) mass is 462 g/mol. The van der Waals surface area contributed by atoms with Gasteiger partial charge in [0.05, 0.1) is 23.3 Å². The molecule has 0 spiro atoms. The molecule has 3 aromatic rings. The summed E-state index contributed by atoms with van der Waals surface area (Å²) in [6.45, 7) is 7.91. The number of anilines is 1. The van der Waals surface area contributed by atoms with Crippen molar-refractivity contribution >= 4 is 38.5 Å². The van der Waals surface area contributed by atoms with Crippen molar-refractivity contribution in [1.82, 2.24) is 14.8 Å². The first-order valence-electron chi connectivity index (χ1n) is 11.7. The van der Waals surface area contributed by atoms with Gasteiger partial charge in [-0.15, -0.1) is 0 Å². The van der Waals surface area contributed by atoms with Gasteiger partial charge < -0.3 is 4.90 Å². The Hall–Kier alpha value is -2.77. The van der Waals surface area contributed by atoms with Gasteiger partial charge in [0.1, 0.15) is 0 Å². The van der Waals surface area contributed by atoms with Gasteiger partial charge in [-0.05, 0) is 49.4 Å². The van der Waals surface area contributed by atoms with Gasteiger partial charge in [0.15, 0.2) is 5.13 Å². The summed E-state index contributed by atoms with van der Waals surface area (Å²) >= 11 is 1.57. The van der Waals surface area contributed by atoms with Crippen LogP contribution in [0, 0.1) is 19.8 Å². The second-order valence-corrected chi connectivity index (χ2v) is 10.2. The topological polar surface area (TPSA) is 56.8 Å². The first-order valence-corrected chi connectivity index (χ1v) is 12.5. The van der Waals surface area contributed by atoms with Crippen molar-refractivity contribution in [1.29, 1.82) is 0 Å². The molecule has 1 aliphatic heterocycles. The zero-order valence-corrected chi connectivity index (χ0v) is 20.1. The Balaban J connectivity index is 1.34. The number of hydrogen-bond donors (Lipinski definition) is 0. The van der Waals surface area contributed by atoms with Crippen LogP contribution >= 0.6 is 11.3 Å². The minimum absolute atomic E-state index is 0.0502. The highest BCUT2D eigenvalue weighted by atomic mass is 32.1. The fraction of sp³-hybridized carbons (Fsp3) is 0.423. The second kappa shape index (κ2) is 9.23. The molecule has 1 aliphatic carbocycles. The van der Waals surface area contributed by atoms with Crippen LogP contribution in [-0.2, 0) is 16.1 Å². The predicted octanol–water partition coefficient (Wildman–Crippen LogP) is 4.00. The zero-order valence-electron chi connectivity index (χ0n) is 19.3. The molecule has 33 heavy (non-hydrogen) atoms. The first kappa shape index (κ1) is 22.0. The predicted molar refractivity (Wildman–Crippen MR) is 132 cm³/mol. The highest BCUT2D eigenvalue weighted by Crippen LogP contribution is 2.33. The van der Waals surface area contributed by atoms with E-state index in [2.05, 4.69) is 30.9 Å². The summed E-state index contributed by atoms with van der Waals surface area (Å²) in [4.78, 5) is 36.8. The molecule has 0 N–H and O–H groups in total. The Labute approximate surface area is 198 Å². The number of piperazine rings is 1. The maximum Gasteiger partial charge on any atom is 0.243 e. The number of thiazole rings is 1. The minimum Gasteiger partial charge on any atom is -0.340 e. The second-order valence-electron chi connectivity index (χ2n) is 9.19. The van der Waals surface area contributed by atoms with Crippen molar-refractivity contribution in [3.8, 4) is 0 Å². The van der Waals surface area contributed by atoms with Crippen LogP contribution < -0.4 is 4.90 Å². The third-order valence-electron chi connectivity index (χ3n) is 6.76. The number of aryl methyl sites for hydroxylation is 2. The Bertz CT molecular complexity index is 1160. The lowest BCUT2D eigenvalue weighted by molar-refractivity contribution is -0.134. The Morgan fingerprint density at radius 2 is 1.76 bits per heavy atom. The summed E-state index contributed by atoms with van der Waals surface area (Å²) < 4.78 is 1.10. The van der Waals surface area contributed by atoms with Crippen LogP contribution in [0.15, 0.2) is 42.5 Å². The van der Waals surface area contributed by atoms with Gasteiger partial charge in [0.25, 0.3) is 0 Å². The van der Waals surface area contributed by atoms with Crippen molar-refractivity contribution in [2.75, 3.05) is 37.6 Å². The van der Waals surface area contributed by atoms with Crippen LogP contribution in [-0.4, -0.2) is 59.3 Å². The molecular formula is C26H30N4O2S. The van der Waals surface area contributed by atoms with Crippen LogP contribution in [0.25, 0.3) is 10.2 Å². The van der Waals surface area contributed by atoms with E-state index < -0.39 is 0 Å². The lowest BCUT2D eigenvalue weighted by Crippen LogP contribution is -2.52. The molecule has 0 unspecified atom stereocenters. The zero-order chi connectivity index (χ0) is 22.9. The molecule has 172 valence electrons. The van der Waals surface area contributed by atoms with Gasteiger partial charge >= 0.3 is 0 Å². The SMILES string of the molecule is Cc1ccc2sc(N(Cc3ccccc3)C(=O)CN3CCN(C(=O)C4CC4)CC3)nc2c1C. The number of carbonyl (C=O) groups excluding carboxylic acids is 2. The van der Waals surface area contributed by atoms with Gasteiger partial charge in [-0.25, -0.2) is 4.98 Å². The molecule has 2 fully saturated rings. The molecule has 2 aliphatic rings. The maximum absolute atomic E-state index is 13.5. The number of rotatable bonds is 6. The molecule has 2 amide bonds. The van der Waals surface area contributed by atoms with Crippen LogP contribution in [0.4, 0.5) is 5.13 Å². The summed E-state index contributed by atoms with van der Waals surface area (Å²) in [6, 6.07) is 14.3. The largest absolute Gasteiger partial charge is 0.340 e. The average molecular weight is 463 g/mol. The highest BCUT2D eigenvalue weighted by molar-refractivity contribution is 7.22. The van der Waals surface area contributed by atoms with Crippen molar-refractivity contribution in [2.45, 2.75) is 33.2 Å². The summed E-state index contributed by atoms with van der Waals surface area (Å²) in [5, 5.41) is 0.745. The number of amides is 2. The smallest absolute Gasteiger partial charge is 0.243 e.